The van der Waals surface area contributed by atoms with Gasteiger partial charge in [0.1, 0.15) is 5.78 Å². The molecular formula is C19H28O. The van der Waals surface area contributed by atoms with Crippen LogP contribution >= 0.6 is 0 Å². The highest BCUT2D eigenvalue weighted by Crippen LogP contribution is 2.35. The average molecular weight is 272 g/mol. The van der Waals surface area contributed by atoms with Crippen LogP contribution in [0.5, 0.6) is 0 Å². The molecule has 1 atom stereocenters. The van der Waals surface area contributed by atoms with Gasteiger partial charge in [0.2, 0.25) is 0 Å². The van der Waals surface area contributed by atoms with Crippen LogP contribution in [0.3, 0.4) is 0 Å². The second kappa shape index (κ2) is 7.61. The summed E-state index contributed by atoms with van der Waals surface area (Å²) in [7, 11) is 0. The summed E-state index contributed by atoms with van der Waals surface area (Å²) in [5, 5.41) is 0. The van der Waals surface area contributed by atoms with Crippen LogP contribution in [0.4, 0.5) is 0 Å². The van der Waals surface area contributed by atoms with Crippen LogP contribution in [0.2, 0.25) is 0 Å². The van der Waals surface area contributed by atoms with E-state index in [-0.39, 0.29) is 0 Å². The van der Waals surface area contributed by atoms with Crippen molar-refractivity contribution in [1.29, 1.82) is 0 Å². The molecule has 0 N–H and O–H groups in total. The summed E-state index contributed by atoms with van der Waals surface area (Å²) in [4.78, 5) is 12.6. The molecule has 1 unspecified atom stereocenters. The Morgan fingerprint density at radius 3 is 2.60 bits per heavy atom. The van der Waals surface area contributed by atoms with Gasteiger partial charge in [-0.2, -0.15) is 0 Å². The molecule has 0 heterocycles. The topological polar surface area (TPSA) is 17.1 Å². The number of carbonyl (C=O) groups is 1. The van der Waals surface area contributed by atoms with Gasteiger partial charge in [0.15, 0.2) is 0 Å². The van der Waals surface area contributed by atoms with Gasteiger partial charge in [-0.25, -0.2) is 0 Å². The van der Waals surface area contributed by atoms with E-state index >= 15 is 0 Å². The number of aryl methyl sites for hydroxylation is 1. The molecule has 0 spiro atoms. The van der Waals surface area contributed by atoms with Gasteiger partial charge < -0.3 is 0 Å². The SMILES string of the molecule is CCCC(CCC)C(=O)CC1CCCc2ccccc21. The average Bonchev–Trinajstić information content (AvgIpc) is 2.47. The zero-order valence-electron chi connectivity index (χ0n) is 13.0. The highest BCUT2D eigenvalue weighted by molar-refractivity contribution is 5.81. The van der Waals surface area contributed by atoms with Gasteiger partial charge in [0.25, 0.3) is 0 Å². The maximum absolute atomic E-state index is 12.6. The Bertz CT molecular complexity index is 429. The number of carbonyl (C=O) groups excluding carboxylic acids is 1. The maximum Gasteiger partial charge on any atom is 0.136 e. The molecule has 110 valence electrons. The largest absolute Gasteiger partial charge is 0.299 e. The van der Waals surface area contributed by atoms with Crippen LogP contribution in [0.25, 0.3) is 0 Å². The Morgan fingerprint density at radius 1 is 1.20 bits per heavy atom. The third-order valence-electron chi connectivity index (χ3n) is 4.67. The van der Waals surface area contributed by atoms with Crippen molar-refractivity contribution >= 4 is 5.78 Å². The number of ketones is 1. The third kappa shape index (κ3) is 3.71. The van der Waals surface area contributed by atoms with Crippen LogP contribution in [0, 0.1) is 5.92 Å². The van der Waals surface area contributed by atoms with Gasteiger partial charge in [-0.05, 0) is 49.1 Å². The lowest BCUT2D eigenvalue weighted by atomic mass is 9.78. The fourth-order valence-corrected chi connectivity index (χ4v) is 3.64. The Balaban J connectivity index is 2.04. The highest BCUT2D eigenvalue weighted by Gasteiger charge is 2.25. The van der Waals surface area contributed by atoms with Gasteiger partial charge in [0.05, 0.1) is 0 Å². The number of benzene rings is 1. The van der Waals surface area contributed by atoms with Gasteiger partial charge in [0, 0.05) is 12.3 Å². The van der Waals surface area contributed by atoms with Gasteiger partial charge >= 0.3 is 0 Å². The van der Waals surface area contributed by atoms with Crippen molar-refractivity contribution in [3.63, 3.8) is 0 Å². The first-order chi connectivity index (χ1) is 9.76. The van der Waals surface area contributed by atoms with E-state index in [4.69, 9.17) is 0 Å². The fourth-order valence-electron chi connectivity index (χ4n) is 3.64. The van der Waals surface area contributed by atoms with Crippen LogP contribution in [-0.4, -0.2) is 5.78 Å². The lowest BCUT2D eigenvalue weighted by molar-refractivity contribution is -0.123. The molecule has 1 aromatic rings. The predicted molar refractivity (Wildman–Crippen MR) is 85.1 cm³/mol. The molecule has 1 aliphatic rings. The van der Waals surface area contributed by atoms with E-state index in [1.165, 1.54) is 30.4 Å². The van der Waals surface area contributed by atoms with Gasteiger partial charge in [-0.3, -0.25) is 4.79 Å². The maximum atomic E-state index is 12.6. The number of hydrogen-bond donors (Lipinski definition) is 0. The molecular weight excluding hydrogens is 244 g/mol. The van der Waals surface area contributed by atoms with E-state index in [0.29, 0.717) is 17.6 Å². The molecule has 0 bridgehead atoms. The zero-order valence-corrected chi connectivity index (χ0v) is 13.0. The summed E-state index contributed by atoms with van der Waals surface area (Å²) in [6.45, 7) is 4.37. The minimum absolute atomic E-state index is 0.305. The van der Waals surface area contributed by atoms with Gasteiger partial charge in [-0.15, -0.1) is 0 Å². The van der Waals surface area contributed by atoms with Crippen LogP contribution in [0.1, 0.15) is 75.8 Å². The number of fused-ring (bicyclic) bond motifs is 1. The van der Waals surface area contributed by atoms with E-state index in [9.17, 15) is 4.79 Å². The van der Waals surface area contributed by atoms with Crippen molar-refractivity contribution in [3.8, 4) is 0 Å². The lowest BCUT2D eigenvalue weighted by Crippen LogP contribution is -2.20. The van der Waals surface area contributed by atoms with Crippen molar-refractivity contribution in [1.82, 2.24) is 0 Å². The summed E-state index contributed by atoms with van der Waals surface area (Å²) < 4.78 is 0. The molecule has 0 amide bonds. The molecule has 0 fully saturated rings. The predicted octanol–water partition coefficient (Wildman–Crippen LogP) is 5.28. The molecule has 1 aromatic carbocycles. The Morgan fingerprint density at radius 2 is 1.90 bits per heavy atom. The quantitative estimate of drug-likeness (QED) is 0.659. The molecule has 1 heteroatoms. The van der Waals surface area contributed by atoms with Crippen molar-refractivity contribution in [3.05, 3.63) is 35.4 Å². The minimum atomic E-state index is 0.305. The minimum Gasteiger partial charge on any atom is -0.299 e. The molecule has 0 radical (unpaired) electrons. The highest BCUT2D eigenvalue weighted by atomic mass is 16.1. The molecule has 0 saturated carbocycles. The van der Waals surface area contributed by atoms with Crippen molar-refractivity contribution in [2.45, 2.75) is 71.1 Å². The first-order valence-corrected chi connectivity index (χ1v) is 8.36. The monoisotopic (exact) mass is 272 g/mol. The van der Waals surface area contributed by atoms with Gasteiger partial charge in [-0.1, -0.05) is 51.0 Å². The van der Waals surface area contributed by atoms with Crippen LogP contribution in [-0.2, 0) is 11.2 Å². The summed E-state index contributed by atoms with van der Waals surface area (Å²) in [6.07, 6.45) is 8.77. The smallest absolute Gasteiger partial charge is 0.136 e. The Kier molecular flexibility index (Phi) is 5.82. The van der Waals surface area contributed by atoms with Crippen LogP contribution < -0.4 is 0 Å². The van der Waals surface area contributed by atoms with Crippen LogP contribution in [0.15, 0.2) is 24.3 Å². The van der Waals surface area contributed by atoms with E-state index in [2.05, 4.69) is 38.1 Å². The molecule has 1 aliphatic carbocycles. The van der Waals surface area contributed by atoms with Crippen molar-refractivity contribution < 1.29 is 4.79 Å². The van der Waals surface area contributed by atoms with E-state index in [0.717, 1.165) is 32.1 Å². The normalized spacial score (nSPS) is 18.1. The fraction of sp³-hybridized carbons (Fsp3) is 0.632. The first-order valence-electron chi connectivity index (χ1n) is 8.36. The number of rotatable bonds is 7. The number of Topliss-reactive ketones (excluding diaryl/α,β-unsaturated/α-hetero) is 1. The molecule has 2 rings (SSSR count). The summed E-state index contributed by atoms with van der Waals surface area (Å²) in [5.74, 6) is 1.29. The molecule has 1 nitrogen and oxygen atoms in total. The van der Waals surface area contributed by atoms with Crippen molar-refractivity contribution in [2.24, 2.45) is 5.92 Å². The number of hydrogen-bond acceptors (Lipinski definition) is 1. The summed E-state index contributed by atoms with van der Waals surface area (Å²) >= 11 is 0. The third-order valence-corrected chi connectivity index (χ3v) is 4.67. The molecule has 20 heavy (non-hydrogen) atoms. The first kappa shape index (κ1) is 15.3. The second-order valence-corrected chi connectivity index (χ2v) is 6.23. The standard InChI is InChI=1S/C19H28O/c1-3-8-16(9-4-2)19(20)14-17-12-7-11-15-10-5-6-13-18(15)17/h5-6,10,13,16-17H,3-4,7-9,11-12,14H2,1-2H3. The Hall–Kier alpha value is -1.11. The van der Waals surface area contributed by atoms with E-state index in [1.807, 2.05) is 0 Å². The summed E-state index contributed by atoms with van der Waals surface area (Å²) in [6, 6.07) is 8.72. The molecule has 0 aliphatic heterocycles. The zero-order chi connectivity index (χ0) is 14.4. The van der Waals surface area contributed by atoms with E-state index in [1.54, 1.807) is 0 Å². The Labute approximate surface area is 123 Å². The summed E-state index contributed by atoms with van der Waals surface area (Å²) in [5.41, 5.74) is 2.91. The second-order valence-electron chi connectivity index (χ2n) is 6.23. The molecule has 0 saturated heterocycles. The van der Waals surface area contributed by atoms with Crippen molar-refractivity contribution in [2.75, 3.05) is 0 Å². The molecule has 0 aromatic heterocycles. The lowest BCUT2D eigenvalue weighted by Gasteiger charge is -2.26. The van der Waals surface area contributed by atoms with E-state index < -0.39 is 0 Å².